The molecule has 0 aliphatic heterocycles. The Morgan fingerprint density at radius 3 is 2.65 bits per heavy atom. The van der Waals surface area contributed by atoms with E-state index in [1.807, 2.05) is 0 Å². The first-order valence-corrected chi connectivity index (χ1v) is 7.72. The Kier molecular flexibility index (Phi) is 4.45. The highest BCUT2D eigenvalue weighted by atomic mass is 35.5. The van der Waals surface area contributed by atoms with E-state index in [9.17, 15) is 22.8 Å². The van der Waals surface area contributed by atoms with Gasteiger partial charge in [-0.15, -0.1) is 0 Å². The molecule has 0 saturated carbocycles. The van der Waals surface area contributed by atoms with E-state index in [1.54, 1.807) is 6.07 Å². The lowest BCUT2D eigenvalue weighted by atomic mass is 10.1. The van der Waals surface area contributed by atoms with Crippen LogP contribution in [-0.2, 0) is 6.18 Å². The predicted octanol–water partition coefficient (Wildman–Crippen LogP) is 3.93. The summed E-state index contributed by atoms with van der Waals surface area (Å²) in [6.07, 6.45) is -3.24. The molecule has 0 fully saturated rings. The van der Waals surface area contributed by atoms with Gasteiger partial charge in [0.05, 0.1) is 16.3 Å². The summed E-state index contributed by atoms with van der Waals surface area (Å²) >= 11 is 5.86. The molecular formula is C17H11ClF3N3O2. The minimum absolute atomic E-state index is 0.132. The van der Waals surface area contributed by atoms with Crippen molar-refractivity contribution < 1.29 is 18.0 Å². The fraction of sp³-hybridized carbons (Fsp3) is 0.118. The van der Waals surface area contributed by atoms with Crippen LogP contribution in [0.2, 0.25) is 5.02 Å². The van der Waals surface area contributed by atoms with Crippen molar-refractivity contribution in [2.24, 2.45) is 0 Å². The Bertz CT molecular complexity index is 1080. The summed E-state index contributed by atoms with van der Waals surface area (Å²) in [5, 5.41) is 2.63. The normalized spacial score (nSPS) is 11.6. The number of carbonyl (C=O) groups is 1. The number of carbonyl (C=O) groups excluding carboxylic acids is 1. The van der Waals surface area contributed by atoms with Crippen molar-refractivity contribution in [3.05, 3.63) is 74.8 Å². The Labute approximate surface area is 150 Å². The van der Waals surface area contributed by atoms with Crippen LogP contribution in [0.4, 0.5) is 18.9 Å². The van der Waals surface area contributed by atoms with Crippen molar-refractivity contribution in [3.8, 4) is 0 Å². The summed E-state index contributed by atoms with van der Waals surface area (Å²) in [4.78, 5) is 29.1. The highest BCUT2D eigenvalue weighted by Gasteiger charge is 2.31. The van der Waals surface area contributed by atoms with Gasteiger partial charge < -0.3 is 5.32 Å². The summed E-state index contributed by atoms with van der Waals surface area (Å²) in [5.41, 5.74) is -1.34. The third kappa shape index (κ3) is 3.41. The average molecular weight is 382 g/mol. The topological polar surface area (TPSA) is 63.5 Å². The minimum Gasteiger partial charge on any atom is -0.316 e. The SMILES string of the molecule is Cc1nc2ccc(Cl)cn2c(=O)c1NC(=O)c1cccc(C(F)(F)F)c1. The number of fused-ring (bicyclic) bond motifs is 1. The van der Waals surface area contributed by atoms with Gasteiger partial charge in [0.15, 0.2) is 0 Å². The molecule has 0 saturated heterocycles. The fourth-order valence-corrected chi connectivity index (χ4v) is 2.55. The molecule has 0 aliphatic carbocycles. The Balaban J connectivity index is 2.01. The molecule has 2 heterocycles. The molecule has 26 heavy (non-hydrogen) atoms. The minimum atomic E-state index is -4.58. The molecule has 1 aromatic carbocycles. The Morgan fingerprint density at radius 1 is 1.23 bits per heavy atom. The molecule has 1 N–H and O–H groups in total. The molecule has 9 heteroatoms. The van der Waals surface area contributed by atoms with Crippen molar-refractivity contribution in [2.45, 2.75) is 13.1 Å². The summed E-state index contributed by atoms with van der Waals surface area (Å²) < 4.78 is 39.5. The number of nitrogens with one attached hydrogen (secondary N) is 1. The molecule has 3 rings (SSSR count). The van der Waals surface area contributed by atoms with Crippen LogP contribution in [0.3, 0.4) is 0 Å². The number of anilines is 1. The van der Waals surface area contributed by atoms with Gasteiger partial charge in [-0.3, -0.25) is 14.0 Å². The van der Waals surface area contributed by atoms with Gasteiger partial charge in [-0.1, -0.05) is 17.7 Å². The van der Waals surface area contributed by atoms with Crippen LogP contribution in [0.15, 0.2) is 47.4 Å². The molecule has 3 aromatic rings. The fourth-order valence-electron chi connectivity index (χ4n) is 2.39. The summed E-state index contributed by atoms with van der Waals surface area (Å²) in [6.45, 7) is 1.51. The monoisotopic (exact) mass is 381 g/mol. The first-order valence-electron chi connectivity index (χ1n) is 7.34. The number of hydrogen-bond donors (Lipinski definition) is 1. The summed E-state index contributed by atoms with van der Waals surface area (Å²) in [5.74, 6) is -0.847. The molecule has 0 unspecified atom stereocenters. The van der Waals surface area contributed by atoms with E-state index in [-0.39, 0.29) is 16.9 Å². The second-order valence-electron chi connectivity index (χ2n) is 5.49. The number of nitrogens with zero attached hydrogens (tertiary/aromatic N) is 2. The highest BCUT2D eigenvalue weighted by molar-refractivity contribution is 6.30. The van der Waals surface area contributed by atoms with Crippen molar-refractivity contribution in [2.75, 3.05) is 5.32 Å². The van der Waals surface area contributed by atoms with Crippen LogP contribution >= 0.6 is 11.6 Å². The number of pyridine rings is 1. The molecule has 0 atom stereocenters. The van der Waals surface area contributed by atoms with Crippen LogP contribution in [0, 0.1) is 6.92 Å². The van der Waals surface area contributed by atoms with Gasteiger partial charge >= 0.3 is 6.18 Å². The van der Waals surface area contributed by atoms with E-state index in [0.29, 0.717) is 16.7 Å². The molecule has 0 aliphatic rings. The maximum absolute atomic E-state index is 12.8. The van der Waals surface area contributed by atoms with Gasteiger partial charge in [0, 0.05) is 11.8 Å². The molecule has 0 spiro atoms. The van der Waals surface area contributed by atoms with Gasteiger partial charge in [0.25, 0.3) is 11.5 Å². The van der Waals surface area contributed by atoms with E-state index in [4.69, 9.17) is 11.6 Å². The van der Waals surface area contributed by atoms with Crippen LogP contribution in [0.1, 0.15) is 21.6 Å². The molecular weight excluding hydrogens is 371 g/mol. The van der Waals surface area contributed by atoms with E-state index in [1.165, 1.54) is 25.3 Å². The maximum Gasteiger partial charge on any atom is 0.416 e. The number of rotatable bonds is 2. The van der Waals surface area contributed by atoms with Gasteiger partial charge in [-0.2, -0.15) is 13.2 Å². The molecule has 1 amide bonds. The third-order valence-corrected chi connectivity index (χ3v) is 3.88. The number of halogens is 4. The first-order chi connectivity index (χ1) is 12.2. The third-order valence-electron chi connectivity index (χ3n) is 3.66. The van der Waals surface area contributed by atoms with E-state index in [2.05, 4.69) is 10.3 Å². The van der Waals surface area contributed by atoms with E-state index in [0.717, 1.165) is 16.5 Å². The van der Waals surface area contributed by atoms with Crippen LogP contribution < -0.4 is 10.9 Å². The Morgan fingerprint density at radius 2 is 1.96 bits per heavy atom. The lowest BCUT2D eigenvalue weighted by Gasteiger charge is -2.11. The Hall–Kier alpha value is -2.87. The van der Waals surface area contributed by atoms with Gasteiger partial charge in [-0.05, 0) is 37.3 Å². The molecule has 5 nitrogen and oxygen atoms in total. The molecule has 134 valence electrons. The van der Waals surface area contributed by atoms with Gasteiger partial charge in [0.1, 0.15) is 11.3 Å². The lowest BCUT2D eigenvalue weighted by Crippen LogP contribution is -2.25. The average Bonchev–Trinajstić information content (AvgIpc) is 2.58. The number of aromatic nitrogens is 2. The highest BCUT2D eigenvalue weighted by Crippen LogP contribution is 2.29. The van der Waals surface area contributed by atoms with E-state index >= 15 is 0 Å². The smallest absolute Gasteiger partial charge is 0.316 e. The predicted molar refractivity (Wildman–Crippen MR) is 90.6 cm³/mol. The van der Waals surface area contributed by atoms with Crippen molar-refractivity contribution in [3.63, 3.8) is 0 Å². The zero-order valence-corrected chi connectivity index (χ0v) is 14.0. The zero-order chi connectivity index (χ0) is 19.1. The van der Waals surface area contributed by atoms with E-state index < -0.39 is 23.2 Å². The number of alkyl halides is 3. The number of aryl methyl sites for hydroxylation is 1. The summed E-state index contributed by atoms with van der Waals surface area (Å²) in [7, 11) is 0. The second kappa shape index (κ2) is 6.45. The standard InChI is InChI=1S/C17H11ClF3N3O2/c1-9-14(16(26)24-8-12(18)5-6-13(24)22-9)23-15(25)10-3-2-4-11(7-10)17(19,20)21/h2-8H,1H3,(H,23,25). The molecule has 2 aromatic heterocycles. The first kappa shape index (κ1) is 17.9. The maximum atomic E-state index is 12.8. The zero-order valence-electron chi connectivity index (χ0n) is 13.3. The van der Waals surface area contributed by atoms with Crippen LogP contribution in [-0.4, -0.2) is 15.3 Å². The number of amides is 1. The largest absolute Gasteiger partial charge is 0.416 e. The van der Waals surface area contributed by atoms with Crippen molar-refractivity contribution >= 4 is 28.8 Å². The van der Waals surface area contributed by atoms with Crippen molar-refractivity contribution in [1.29, 1.82) is 0 Å². The van der Waals surface area contributed by atoms with Gasteiger partial charge in [-0.25, -0.2) is 4.98 Å². The number of benzene rings is 1. The molecule has 0 radical (unpaired) electrons. The lowest BCUT2D eigenvalue weighted by molar-refractivity contribution is -0.137. The van der Waals surface area contributed by atoms with Crippen molar-refractivity contribution in [1.82, 2.24) is 9.38 Å². The van der Waals surface area contributed by atoms with Gasteiger partial charge in [0.2, 0.25) is 0 Å². The second-order valence-corrected chi connectivity index (χ2v) is 5.92. The molecule has 0 bridgehead atoms. The van der Waals surface area contributed by atoms with Crippen LogP contribution in [0.25, 0.3) is 5.65 Å². The summed E-state index contributed by atoms with van der Waals surface area (Å²) in [6, 6.07) is 7.02. The number of hydrogen-bond acceptors (Lipinski definition) is 3. The van der Waals surface area contributed by atoms with Crippen LogP contribution in [0.5, 0.6) is 0 Å². The quantitative estimate of drug-likeness (QED) is 0.731.